The largest absolute Gasteiger partial charge is 0.385 e. The molecular weight excluding hydrogens is 451 g/mol. The highest BCUT2D eigenvalue weighted by Crippen LogP contribution is 2.20. The maximum absolute atomic E-state index is 10.7. The van der Waals surface area contributed by atoms with Gasteiger partial charge in [-0.2, -0.15) is 0 Å². The maximum Gasteiger partial charge on any atom is 0.191 e. The van der Waals surface area contributed by atoms with Crippen LogP contribution in [0.2, 0.25) is 0 Å². The van der Waals surface area contributed by atoms with Gasteiger partial charge in [0.1, 0.15) is 5.60 Å². The van der Waals surface area contributed by atoms with Gasteiger partial charge in [0.05, 0.1) is 6.54 Å². The minimum absolute atomic E-state index is 0. The lowest BCUT2D eigenvalue weighted by Gasteiger charge is -2.22. The number of aliphatic hydroxyl groups is 1. The highest BCUT2D eigenvalue weighted by molar-refractivity contribution is 14.0. The minimum atomic E-state index is -0.988. The molecule has 0 aliphatic heterocycles. The van der Waals surface area contributed by atoms with E-state index in [9.17, 15) is 5.11 Å². The predicted molar refractivity (Wildman–Crippen MR) is 125 cm³/mol. The van der Waals surface area contributed by atoms with Crippen LogP contribution in [0.4, 0.5) is 5.69 Å². The number of rotatable bonds is 9. The molecule has 0 amide bonds. The summed E-state index contributed by atoms with van der Waals surface area (Å²) in [6.07, 6.45) is 0.967. The molecular formula is C21H31IN4O. The van der Waals surface area contributed by atoms with Gasteiger partial charge in [-0.15, -0.1) is 24.0 Å². The molecule has 0 radical (unpaired) electrons. The van der Waals surface area contributed by atoms with E-state index in [1.165, 1.54) is 0 Å². The van der Waals surface area contributed by atoms with Gasteiger partial charge in [-0.25, -0.2) is 4.99 Å². The Labute approximate surface area is 179 Å². The summed E-state index contributed by atoms with van der Waals surface area (Å²) in [6, 6.07) is 19.8. The average molecular weight is 482 g/mol. The van der Waals surface area contributed by atoms with Gasteiger partial charge >= 0.3 is 0 Å². The third-order valence-corrected chi connectivity index (χ3v) is 4.03. The van der Waals surface area contributed by atoms with E-state index in [1.54, 1.807) is 6.92 Å². The number of anilines is 1. The van der Waals surface area contributed by atoms with Crippen LogP contribution in [0, 0.1) is 0 Å². The van der Waals surface area contributed by atoms with Gasteiger partial charge in [-0.05, 0) is 38.0 Å². The molecule has 148 valence electrons. The highest BCUT2D eigenvalue weighted by atomic mass is 127. The molecule has 0 spiro atoms. The summed E-state index contributed by atoms with van der Waals surface area (Å²) < 4.78 is 0. The van der Waals surface area contributed by atoms with Crippen LogP contribution in [0.25, 0.3) is 0 Å². The van der Waals surface area contributed by atoms with Crippen molar-refractivity contribution < 1.29 is 5.11 Å². The van der Waals surface area contributed by atoms with E-state index in [4.69, 9.17) is 0 Å². The van der Waals surface area contributed by atoms with Crippen molar-refractivity contribution in [1.29, 1.82) is 0 Å². The Kier molecular flexibility index (Phi) is 10.8. The van der Waals surface area contributed by atoms with Crippen molar-refractivity contribution in [2.75, 3.05) is 31.5 Å². The van der Waals surface area contributed by atoms with Gasteiger partial charge in [-0.3, -0.25) is 0 Å². The maximum atomic E-state index is 10.7. The van der Waals surface area contributed by atoms with Gasteiger partial charge in [0, 0.05) is 25.3 Å². The summed E-state index contributed by atoms with van der Waals surface area (Å²) in [5.74, 6) is 0.725. The van der Waals surface area contributed by atoms with Crippen LogP contribution in [-0.4, -0.2) is 37.2 Å². The molecule has 0 saturated heterocycles. The number of para-hydroxylation sites is 1. The SMILES string of the molecule is CCNC(=NCC(C)(O)c1ccccc1)NCCCNc1ccccc1.I. The second-order valence-electron chi connectivity index (χ2n) is 6.41. The smallest absolute Gasteiger partial charge is 0.191 e. The first-order chi connectivity index (χ1) is 12.6. The standard InChI is InChI=1S/C21H30N4O.HI/c1-3-22-20(24-16-10-15-23-19-13-8-5-9-14-19)25-17-21(2,26)18-11-6-4-7-12-18;/h4-9,11-14,23,26H,3,10,15-17H2,1-2H3,(H2,22,24,25);1H. The summed E-state index contributed by atoms with van der Waals surface area (Å²) in [6.45, 7) is 6.59. The van der Waals surface area contributed by atoms with Gasteiger partial charge in [-0.1, -0.05) is 48.5 Å². The Bertz CT molecular complexity index is 662. The van der Waals surface area contributed by atoms with Crippen LogP contribution in [0.15, 0.2) is 65.7 Å². The van der Waals surface area contributed by atoms with Crippen LogP contribution in [0.1, 0.15) is 25.8 Å². The number of benzene rings is 2. The number of nitrogens with zero attached hydrogens (tertiary/aromatic N) is 1. The monoisotopic (exact) mass is 482 g/mol. The molecule has 0 aliphatic carbocycles. The molecule has 1 unspecified atom stereocenters. The quantitative estimate of drug-likeness (QED) is 0.191. The van der Waals surface area contributed by atoms with Crippen molar-refractivity contribution >= 4 is 35.6 Å². The summed E-state index contributed by atoms with van der Waals surface area (Å²) in [7, 11) is 0. The summed E-state index contributed by atoms with van der Waals surface area (Å²) in [5, 5.41) is 20.6. The highest BCUT2D eigenvalue weighted by Gasteiger charge is 2.22. The second-order valence-corrected chi connectivity index (χ2v) is 6.41. The predicted octanol–water partition coefficient (Wildman–Crippen LogP) is 3.57. The van der Waals surface area contributed by atoms with Crippen molar-refractivity contribution in [2.24, 2.45) is 4.99 Å². The molecule has 0 saturated carbocycles. The van der Waals surface area contributed by atoms with Crippen molar-refractivity contribution in [2.45, 2.75) is 25.9 Å². The zero-order valence-corrected chi connectivity index (χ0v) is 18.4. The van der Waals surface area contributed by atoms with Crippen molar-refractivity contribution in [1.82, 2.24) is 10.6 Å². The van der Waals surface area contributed by atoms with Crippen LogP contribution in [-0.2, 0) is 5.60 Å². The van der Waals surface area contributed by atoms with Crippen molar-refractivity contribution in [3.05, 3.63) is 66.2 Å². The topological polar surface area (TPSA) is 68.7 Å². The molecule has 2 aromatic carbocycles. The van der Waals surface area contributed by atoms with E-state index in [1.807, 2.05) is 55.5 Å². The van der Waals surface area contributed by atoms with E-state index in [0.29, 0.717) is 6.54 Å². The summed E-state index contributed by atoms with van der Waals surface area (Å²) in [5.41, 5.74) is 1.01. The first-order valence-electron chi connectivity index (χ1n) is 9.21. The second kappa shape index (κ2) is 12.6. The number of hydrogen-bond acceptors (Lipinski definition) is 3. The van der Waals surface area contributed by atoms with E-state index < -0.39 is 5.60 Å². The zero-order valence-electron chi connectivity index (χ0n) is 16.1. The van der Waals surface area contributed by atoms with Crippen molar-refractivity contribution in [3.63, 3.8) is 0 Å². The fraction of sp³-hybridized carbons (Fsp3) is 0.381. The molecule has 2 aromatic rings. The minimum Gasteiger partial charge on any atom is -0.385 e. The van der Waals surface area contributed by atoms with E-state index in [0.717, 1.165) is 43.3 Å². The Morgan fingerprint density at radius 1 is 0.963 bits per heavy atom. The molecule has 6 heteroatoms. The fourth-order valence-corrected chi connectivity index (χ4v) is 2.55. The average Bonchev–Trinajstić information content (AvgIpc) is 2.67. The molecule has 27 heavy (non-hydrogen) atoms. The van der Waals surface area contributed by atoms with E-state index in [2.05, 4.69) is 33.1 Å². The number of nitrogens with one attached hydrogen (secondary N) is 3. The zero-order chi connectivity index (χ0) is 18.7. The number of hydrogen-bond donors (Lipinski definition) is 4. The number of aliphatic imine (C=N–C) groups is 1. The Hall–Kier alpha value is -1.80. The first-order valence-corrected chi connectivity index (χ1v) is 9.21. The van der Waals surface area contributed by atoms with Gasteiger partial charge in [0.15, 0.2) is 5.96 Å². The van der Waals surface area contributed by atoms with Crippen molar-refractivity contribution in [3.8, 4) is 0 Å². The molecule has 0 bridgehead atoms. The molecule has 2 rings (SSSR count). The number of guanidine groups is 1. The van der Waals surface area contributed by atoms with Gasteiger partial charge < -0.3 is 21.1 Å². The molecule has 0 heterocycles. The van der Waals surface area contributed by atoms with Crippen LogP contribution < -0.4 is 16.0 Å². The fourth-order valence-electron chi connectivity index (χ4n) is 2.55. The lowest BCUT2D eigenvalue weighted by Crippen LogP contribution is -2.39. The molecule has 0 aromatic heterocycles. The Morgan fingerprint density at radius 2 is 1.59 bits per heavy atom. The lowest BCUT2D eigenvalue weighted by atomic mass is 9.96. The first kappa shape index (κ1) is 23.2. The van der Waals surface area contributed by atoms with E-state index >= 15 is 0 Å². The lowest BCUT2D eigenvalue weighted by molar-refractivity contribution is 0.0672. The number of halogens is 1. The molecule has 5 nitrogen and oxygen atoms in total. The normalized spacial score (nSPS) is 13.2. The van der Waals surface area contributed by atoms with Crippen LogP contribution in [0.3, 0.4) is 0 Å². The third kappa shape index (κ3) is 8.62. The van der Waals surface area contributed by atoms with Crippen LogP contribution >= 0.6 is 24.0 Å². The molecule has 0 fully saturated rings. The molecule has 0 aliphatic rings. The van der Waals surface area contributed by atoms with E-state index in [-0.39, 0.29) is 24.0 Å². The molecule has 1 atom stereocenters. The summed E-state index contributed by atoms with van der Waals surface area (Å²) in [4.78, 5) is 4.54. The van der Waals surface area contributed by atoms with Gasteiger partial charge in [0.2, 0.25) is 0 Å². The Balaban J connectivity index is 0.00000364. The molecule has 4 N–H and O–H groups in total. The van der Waals surface area contributed by atoms with Crippen LogP contribution in [0.5, 0.6) is 0 Å². The Morgan fingerprint density at radius 3 is 2.22 bits per heavy atom. The van der Waals surface area contributed by atoms with Gasteiger partial charge in [0.25, 0.3) is 0 Å². The summed E-state index contributed by atoms with van der Waals surface area (Å²) >= 11 is 0. The third-order valence-electron chi connectivity index (χ3n) is 4.03.